The molecule has 0 bridgehead atoms. The second-order valence-electron chi connectivity index (χ2n) is 7.49. The van der Waals surface area contributed by atoms with Gasteiger partial charge in [0.15, 0.2) is 11.5 Å². The van der Waals surface area contributed by atoms with E-state index in [1.54, 1.807) is 4.90 Å². The van der Waals surface area contributed by atoms with E-state index in [0.717, 1.165) is 24.0 Å². The number of nitrogens with zero attached hydrogens (tertiary/aromatic N) is 1. The topological polar surface area (TPSA) is 66.8 Å². The predicted molar refractivity (Wildman–Crippen MR) is 116 cm³/mol. The van der Waals surface area contributed by atoms with Gasteiger partial charge in [-0.1, -0.05) is 56.3 Å². The van der Waals surface area contributed by atoms with Gasteiger partial charge >= 0.3 is 0 Å². The minimum atomic E-state index is -0.592. The van der Waals surface area contributed by atoms with Gasteiger partial charge in [-0.15, -0.1) is 0 Å². The molecule has 1 unspecified atom stereocenters. The molecule has 0 spiro atoms. The third-order valence-electron chi connectivity index (χ3n) is 5.20. The number of ketones is 1. The van der Waals surface area contributed by atoms with Crippen LogP contribution in [0.15, 0.2) is 65.9 Å². The number of carbonyl (C=O) groups excluding carboxylic acids is 2. The third kappa shape index (κ3) is 4.73. The van der Waals surface area contributed by atoms with Crippen LogP contribution in [-0.2, 0) is 16.0 Å². The van der Waals surface area contributed by atoms with Gasteiger partial charge in [0.25, 0.3) is 5.91 Å². The number of aliphatic hydroxyl groups is 1. The van der Waals surface area contributed by atoms with E-state index in [-0.39, 0.29) is 17.8 Å². The first-order valence-electron chi connectivity index (χ1n) is 10.6. The molecule has 0 aromatic heterocycles. The van der Waals surface area contributed by atoms with Crippen molar-refractivity contribution in [1.82, 2.24) is 4.90 Å². The van der Waals surface area contributed by atoms with Gasteiger partial charge in [0, 0.05) is 13.0 Å². The zero-order chi connectivity index (χ0) is 21.5. The summed E-state index contributed by atoms with van der Waals surface area (Å²) in [7, 11) is 0. The maximum absolute atomic E-state index is 13.1. The second kappa shape index (κ2) is 10.1. The van der Waals surface area contributed by atoms with Crippen LogP contribution in [0.2, 0.25) is 0 Å². The summed E-state index contributed by atoms with van der Waals surface area (Å²) in [6.07, 6.45) is 2.41. The van der Waals surface area contributed by atoms with Crippen LogP contribution in [-0.4, -0.2) is 34.8 Å². The molecule has 1 aliphatic heterocycles. The first-order chi connectivity index (χ1) is 14.6. The Hall–Kier alpha value is -3.08. The zero-order valence-electron chi connectivity index (χ0n) is 17.6. The highest BCUT2D eigenvalue weighted by Gasteiger charge is 2.42. The fourth-order valence-electron chi connectivity index (χ4n) is 3.79. The van der Waals surface area contributed by atoms with Crippen LogP contribution in [0.1, 0.15) is 50.3 Å². The minimum Gasteiger partial charge on any atom is -0.503 e. The first-order valence-corrected chi connectivity index (χ1v) is 10.6. The van der Waals surface area contributed by atoms with Gasteiger partial charge < -0.3 is 14.7 Å². The number of hydrogen-bond acceptors (Lipinski definition) is 4. The first kappa shape index (κ1) is 21.6. The Balaban J connectivity index is 1.90. The number of amides is 1. The van der Waals surface area contributed by atoms with Crippen LogP contribution < -0.4 is 4.74 Å². The zero-order valence-corrected chi connectivity index (χ0v) is 17.6. The summed E-state index contributed by atoms with van der Waals surface area (Å²) in [5.41, 5.74) is 2.02. The summed E-state index contributed by atoms with van der Waals surface area (Å²) >= 11 is 0. The van der Waals surface area contributed by atoms with Gasteiger partial charge in [0.05, 0.1) is 18.2 Å². The lowest BCUT2D eigenvalue weighted by atomic mass is 9.93. The van der Waals surface area contributed by atoms with Crippen molar-refractivity contribution in [2.45, 2.75) is 45.6 Å². The van der Waals surface area contributed by atoms with Gasteiger partial charge in [0.2, 0.25) is 0 Å². The molecule has 1 atom stereocenters. The average molecular weight is 408 g/mol. The molecular weight excluding hydrogens is 378 g/mol. The molecule has 0 radical (unpaired) electrons. The van der Waals surface area contributed by atoms with Gasteiger partial charge in [-0.25, -0.2) is 0 Å². The Labute approximate surface area is 178 Å². The molecule has 0 aliphatic carbocycles. The Morgan fingerprint density at radius 3 is 2.53 bits per heavy atom. The van der Waals surface area contributed by atoms with Gasteiger partial charge in [0.1, 0.15) is 5.75 Å². The molecule has 0 saturated carbocycles. The van der Waals surface area contributed by atoms with Crippen LogP contribution in [0.3, 0.4) is 0 Å². The summed E-state index contributed by atoms with van der Waals surface area (Å²) in [5.74, 6) is -0.412. The SMILES string of the molecule is CCCOc1cccc(C2C(C(=O)CCc3ccccc3)=C(O)C(=O)N2CCC)c1. The number of aliphatic hydroxyl groups excluding tert-OH is 1. The molecule has 1 N–H and O–H groups in total. The van der Waals surface area contributed by atoms with E-state index >= 15 is 0 Å². The normalized spacial score (nSPS) is 16.3. The van der Waals surface area contributed by atoms with E-state index in [4.69, 9.17) is 4.74 Å². The standard InChI is InChI=1S/C25H29NO4/c1-3-15-26-23(19-11-8-12-20(17-19)30-16-4-2)22(24(28)25(26)29)21(27)14-13-18-9-6-5-7-10-18/h5-12,17,23,28H,3-4,13-16H2,1-2H3. The van der Waals surface area contributed by atoms with Crippen molar-refractivity contribution in [1.29, 1.82) is 0 Å². The van der Waals surface area contributed by atoms with Crippen molar-refractivity contribution in [3.63, 3.8) is 0 Å². The Morgan fingerprint density at radius 1 is 1.07 bits per heavy atom. The van der Waals surface area contributed by atoms with Crippen LogP contribution >= 0.6 is 0 Å². The van der Waals surface area contributed by atoms with Crippen LogP contribution in [0, 0.1) is 0 Å². The molecule has 1 amide bonds. The number of benzene rings is 2. The Morgan fingerprint density at radius 2 is 1.83 bits per heavy atom. The smallest absolute Gasteiger partial charge is 0.290 e. The molecule has 1 heterocycles. The molecule has 30 heavy (non-hydrogen) atoms. The maximum Gasteiger partial charge on any atom is 0.290 e. The fourth-order valence-corrected chi connectivity index (χ4v) is 3.79. The second-order valence-corrected chi connectivity index (χ2v) is 7.49. The number of aryl methyl sites for hydroxylation is 1. The molecule has 3 rings (SSSR count). The minimum absolute atomic E-state index is 0.192. The number of hydrogen-bond donors (Lipinski definition) is 1. The molecule has 5 nitrogen and oxygen atoms in total. The third-order valence-corrected chi connectivity index (χ3v) is 5.20. The number of Topliss-reactive ketones (excluding diaryl/α,β-unsaturated/α-hetero) is 1. The molecule has 0 fully saturated rings. The van der Waals surface area contributed by atoms with E-state index < -0.39 is 17.7 Å². The van der Waals surface area contributed by atoms with Crippen molar-refractivity contribution in [2.24, 2.45) is 0 Å². The van der Waals surface area contributed by atoms with E-state index in [0.29, 0.717) is 25.3 Å². The number of carbonyl (C=O) groups is 2. The highest BCUT2D eigenvalue weighted by atomic mass is 16.5. The van der Waals surface area contributed by atoms with Crippen molar-refractivity contribution in [3.05, 3.63) is 77.1 Å². The van der Waals surface area contributed by atoms with Crippen LogP contribution in [0.25, 0.3) is 0 Å². The lowest BCUT2D eigenvalue weighted by molar-refractivity contribution is -0.129. The van der Waals surface area contributed by atoms with E-state index in [2.05, 4.69) is 0 Å². The molecule has 1 aliphatic rings. The van der Waals surface area contributed by atoms with Gasteiger partial charge in [-0.3, -0.25) is 9.59 Å². The summed E-state index contributed by atoms with van der Waals surface area (Å²) < 4.78 is 5.74. The molecule has 5 heteroatoms. The van der Waals surface area contributed by atoms with Crippen LogP contribution in [0.4, 0.5) is 0 Å². The predicted octanol–water partition coefficient (Wildman–Crippen LogP) is 4.78. The van der Waals surface area contributed by atoms with Crippen LogP contribution in [0.5, 0.6) is 5.75 Å². The van der Waals surface area contributed by atoms with Crippen molar-refractivity contribution in [3.8, 4) is 5.75 Å². The lowest BCUT2D eigenvalue weighted by Crippen LogP contribution is -2.31. The monoisotopic (exact) mass is 407 g/mol. The van der Waals surface area contributed by atoms with E-state index in [1.165, 1.54) is 0 Å². The quantitative estimate of drug-likeness (QED) is 0.615. The van der Waals surface area contributed by atoms with Crippen molar-refractivity contribution >= 4 is 11.7 Å². The number of ether oxygens (including phenoxy) is 1. The van der Waals surface area contributed by atoms with Crippen molar-refractivity contribution < 1.29 is 19.4 Å². The van der Waals surface area contributed by atoms with E-state index in [1.807, 2.05) is 68.4 Å². The van der Waals surface area contributed by atoms with E-state index in [9.17, 15) is 14.7 Å². The average Bonchev–Trinajstić information content (AvgIpc) is 3.02. The number of rotatable bonds is 10. The summed E-state index contributed by atoms with van der Waals surface area (Å²) in [6.45, 7) is 5.06. The van der Waals surface area contributed by atoms with Gasteiger partial charge in [-0.05, 0) is 42.5 Å². The summed E-state index contributed by atoms with van der Waals surface area (Å²) in [6, 6.07) is 16.6. The van der Waals surface area contributed by atoms with Gasteiger partial charge in [-0.2, -0.15) is 0 Å². The van der Waals surface area contributed by atoms with Crippen molar-refractivity contribution in [2.75, 3.05) is 13.2 Å². The summed E-state index contributed by atoms with van der Waals surface area (Å²) in [5, 5.41) is 10.6. The molecule has 0 saturated heterocycles. The highest BCUT2D eigenvalue weighted by Crippen LogP contribution is 2.39. The fraction of sp³-hybridized carbons (Fsp3) is 0.360. The summed E-state index contributed by atoms with van der Waals surface area (Å²) in [4.78, 5) is 27.5. The molecule has 158 valence electrons. The molecule has 2 aromatic rings. The maximum atomic E-state index is 13.1. The Kier molecular flexibility index (Phi) is 7.28. The largest absolute Gasteiger partial charge is 0.503 e. The lowest BCUT2D eigenvalue weighted by Gasteiger charge is -2.26. The molecule has 2 aromatic carbocycles. The Bertz CT molecular complexity index is 920. The molecular formula is C25H29NO4. The highest BCUT2D eigenvalue weighted by molar-refractivity contribution is 6.09.